The molecule has 0 atom stereocenters. The summed E-state index contributed by atoms with van der Waals surface area (Å²) in [5.41, 5.74) is 0.896. The second-order valence-corrected chi connectivity index (χ2v) is 8.64. The average molecular weight is 421 g/mol. The molecule has 3 nitrogen and oxygen atoms in total. The quantitative estimate of drug-likeness (QED) is 0.128. The maximum atomic E-state index is 9.28. The second-order valence-electron chi connectivity index (χ2n) is 8.23. The van der Waals surface area contributed by atoms with Crippen molar-refractivity contribution < 1.29 is 5.11 Å². The van der Waals surface area contributed by atoms with Crippen LogP contribution < -0.4 is 10.6 Å². The highest BCUT2D eigenvalue weighted by molar-refractivity contribution is 7.80. The first kappa shape index (κ1) is 25.7. The van der Waals surface area contributed by atoms with Gasteiger partial charge in [0.1, 0.15) is 5.75 Å². The van der Waals surface area contributed by atoms with Gasteiger partial charge in [0.25, 0.3) is 0 Å². The molecule has 4 heteroatoms. The molecule has 0 radical (unpaired) electrons. The number of phenolic OH excluding ortho intramolecular Hbond substituents is 1. The number of rotatable bonds is 18. The Balaban J connectivity index is 1.77. The first-order chi connectivity index (χ1) is 14.2. The zero-order valence-corrected chi connectivity index (χ0v) is 19.5. The van der Waals surface area contributed by atoms with E-state index in [1.807, 2.05) is 12.1 Å². The predicted octanol–water partition coefficient (Wildman–Crippen LogP) is 7.94. The van der Waals surface area contributed by atoms with Crippen LogP contribution in [-0.4, -0.2) is 16.8 Å². The molecule has 0 amide bonds. The van der Waals surface area contributed by atoms with Gasteiger partial charge in [-0.1, -0.05) is 103 Å². The molecule has 0 aliphatic carbocycles. The standard InChI is InChI=1S/C25H44N2OS/c1-2-3-4-5-6-7-8-9-10-11-12-13-14-15-16-17-22-26-25(29)27-23-18-20-24(28)21-19-23/h18-21,28H,2-17,22H2,1H3,(H2,26,27,29). The van der Waals surface area contributed by atoms with Crippen molar-refractivity contribution in [2.75, 3.05) is 11.9 Å². The fourth-order valence-corrected chi connectivity index (χ4v) is 3.81. The second kappa shape index (κ2) is 18.7. The largest absolute Gasteiger partial charge is 0.508 e. The summed E-state index contributed by atoms with van der Waals surface area (Å²) in [6.07, 6.45) is 22.2. The molecular weight excluding hydrogens is 376 g/mol. The molecule has 0 spiro atoms. The van der Waals surface area contributed by atoms with Crippen LogP contribution in [0.15, 0.2) is 24.3 Å². The summed E-state index contributed by atoms with van der Waals surface area (Å²) in [5, 5.41) is 16.3. The third kappa shape index (κ3) is 16.2. The van der Waals surface area contributed by atoms with Crippen molar-refractivity contribution in [3.63, 3.8) is 0 Å². The number of hydrogen-bond acceptors (Lipinski definition) is 2. The molecule has 0 aromatic heterocycles. The van der Waals surface area contributed by atoms with E-state index in [1.165, 1.54) is 96.3 Å². The Bertz CT molecular complexity index is 504. The molecule has 1 aromatic carbocycles. The van der Waals surface area contributed by atoms with Crippen molar-refractivity contribution in [1.29, 1.82) is 0 Å². The molecule has 0 saturated carbocycles. The maximum Gasteiger partial charge on any atom is 0.170 e. The zero-order chi connectivity index (χ0) is 21.0. The van der Waals surface area contributed by atoms with Gasteiger partial charge in [-0.15, -0.1) is 0 Å². The molecule has 3 N–H and O–H groups in total. The Labute approximate surface area is 185 Å². The molecule has 0 heterocycles. The molecule has 1 rings (SSSR count). The minimum atomic E-state index is 0.266. The smallest absolute Gasteiger partial charge is 0.170 e. The van der Waals surface area contributed by atoms with E-state index in [2.05, 4.69) is 17.6 Å². The van der Waals surface area contributed by atoms with Gasteiger partial charge in [-0.2, -0.15) is 0 Å². The van der Waals surface area contributed by atoms with Gasteiger partial charge >= 0.3 is 0 Å². The van der Waals surface area contributed by atoms with Crippen LogP contribution in [0.5, 0.6) is 5.75 Å². The van der Waals surface area contributed by atoms with Crippen molar-refractivity contribution >= 4 is 23.0 Å². The van der Waals surface area contributed by atoms with E-state index < -0.39 is 0 Å². The first-order valence-electron chi connectivity index (χ1n) is 12.1. The van der Waals surface area contributed by atoms with Crippen molar-refractivity contribution in [2.45, 2.75) is 110 Å². The van der Waals surface area contributed by atoms with E-state index in [0.29, 0.717) is 5.11 Å². The summed E-state index contributed by atoms with van der Waals surface area (Å²) in [6.45, 7) is 3.20. The number of nitrogens with one attached hydrogen (secondary N) is 2. The molecule has 0 saturated heterocycles. The van der Waals surface area contributed by atoms with Gasteiger partial charge in [0.05, 0.1) is 0 Å². The molecule has 29 heavy (non-hydrogen) atoms. The van der Waals surface area contributed by atoms with Crippen molar-refractivity contribution in [1.82, 2.24) is 5.32 Å². The van der Waals surface area contributed by atoms with E-state index in [1.54, 1.807) is 12.1 Å². The summed E-state index contributed by atoms with van der Waals surface area (Å²) in [5.74, 6) is 0.266. The lowest BCUT2D eigenvalue weighted by molar-refractivity contribution is 0.475. The Kier molecular flexibility index (Phi) is 16.6. The van der Waals surface area contributed by atoms with Crippen LogP contribution in [0.25, 0.3) is 0 Å². The summed E-state index contributed by atoms with van der Waals surface area (Å²) < 4.78 is 0. The topological polar surface area (TPSA) is 44.3 Å². The van der Waals surface area contributed by atoms with Crippen LogP contribution in [-0.2, 0) is 0 Å². The average Bonchev–Trinajstić information content (AvgIpc) is 2.72. The lowest BCUT2D eigenvalue weighted by atomic mass is 10.0. The van der Waals surface area contributed by atoms with Gasteiger partial charge in [-0.05, 0) is 42.9 Å². The lowest BCUT2D eigenvalue weighted by Crippen LogP contribution is -2.29. The van der Waals surface area contributed by atoms with Gasteiger partial charge in [0.2, 0.25) is 0 Å². The van der Waals surface area contributed by atoms with Crippen molar-refractivity contribution in [3.05, 3.63) is 24.3 Å². The lowest BCUT2D eigenvalue weighted by Gasteiger charge is -2.10. The highest BCUT2D eigenvalue weighted by atomic mass is 32.1. The molecule has 0 aliphatic rings. The monoisotopic (exact) mass is 420 g/mol. The number of anilines is 1. The van der Waals surface area contributed by atoms with Crippen LogP contribution >= 0.6 is 12.2 Å². The van der Waals surface area contributed by atoms with E-state index in [0.717, 1.165) is 18.7 Å². The Morgan fingerprint density at radius 1 is 0.690 bits per heavy atom. The fourth-order valence-electron chi connectivity index (χ4n) is 3.60. The van der Waals surface area contributed by atoms with Gasteiger partial charge in [-0.25, -0.2) is 0 Å². The summed E-state index contributed by atoms with van der Waals surface area (Å²) >= 11 is 5.29. The predicted molar refractivity (Wildman–Crippen MR) is 132 cm³/mol. The van der Waals surface area contributed by atoms with Crippen molar-refractivity contribution in [3.8, 4) is 5.75 Å². The Morgan fingerprint density at radius 3 is 1.55 bits per heavy atom. The zero-order valence-electron chi connectivity index (χ0n) is 18.7. The molecule has 166 valence electrons. The van der Waals surface area contributed by atoms with Gasteiger partial charge in [0, 0.05) is 12.2 Å². The Hall–Kier alpha value is -1.29. The minimum Gasteiger partial charge on any atom is -0.508 e. The summed E-state index contributed by atoms with van der Waals surface area (Å²) in [4.78, 5) is 0. The maximum absolute atomic E-state index is 9.28. The van der Waals surface area contributed by atoms with Crippen LogP contribution in [0, 0.1) is 0 Å². The van der Waals surface area contributed by atoms with Crippen molar-refractivity contribution in [2.24, 2.45) is 0 Å². The van der Waals surface area contributed by atoms with Crippen LogP contribution in [0.3, 0.4) is 0 Å². The van der Waals surface area contributed by atoms with Gasteiger partial charge in [-0.3, -0.25) is 0 Å². The number of phenols is 1. The number of aromatic hydroxyl groups is 1. The molecule has 0 unspecified atom stereocenters. The summed E-state index contributed by atoms with van der Waals surface area (Å²) in [6, 6.07) is 6.94. The van der Waals surface area contributed by atoms with E-state index in [9.17, 15) is 5.11 Å². The summed E-state index contributed by atoms with van der Waals surface area (Å²) in [7, 11) is 0. The third-order valence-electron chi connectivity index (χ3n) is 5.44. The van der Waals surface area contributed by atoms with E-state index >= 15 is 0 Å². The van der Waals surface area contributed by atoms with Gasteiger partial charge < -0.3 is 15.7 Å². The molecule has 0 aliphatic heterocycles. The van der Waals surface area contributed by atoms with Crippen LogP contribution in [0.2, 0.25) is 0 Å². The van der Waals surface area contributed by atoms with Gasteiger partial charge in [0.15, 0.2) is 5.11 Å². The first-order valence-corrected chi connectivity index (χ1v) is 12.5. The normalized spacial score (nSPS) is 10.8. The molecule has 1 aromatic rings. The highest BCUT2D eigenvalue weighted by Gasteiger charge is 1.98. The number of thiocarbonyl (C=S) groups is 1. The SMILES string of the molecule is CCCCCCCCCCCCCCCCCCNC(=S)Nc1ccc(O)cc1. The van der Waals surface area contributed by atoms with Crippen LogP contribution in [0.1, 0.15) is 110 Å². The highest BCUT2D eigenvalue weighted by Crippen LogP contribution is 2.14. The molecule has 0 fully saturated rings. The van der Waals surface area contributed by atoms with E-state index in [-0.39, 0.29) is 5.75 Å². The van der Waals surface area contributed by atoms with E-state index in [4.69, 9.17) is 12.2 Å². The van der Waals surface area contributed by atoms with Crippen LogP contribution in [0.4, 0.5) is 5.69 Å². The fraction of sp³-hybridized carbons (Fsp3) is 0.720. The number of unbranched alkanes of at least 4 members (excludes halogenated alkanes) is 15. The molecule has 0 bridgehead atoms. The Morgan fingerprint density at radius 2 is 1.10 bits per heavy atom. The third-order valence-corrected chi connectivity index (χ3v) is 5.69. The minimum absolute atomic E-state index is 0.266. The number of hydrogen-bond donors (Lipinski definition) is 3. The number of benzene rings is 1. The molecular formula is C25H44N2OS.